The van der Waals surface area contributed by atoms with Gasteiger partial charge in [-0.1, -0.05) is 0 Å². The Morgan fingerprint density at radius 3 is 2.93 bits per heavy atom. The summed E-state index contributed by atoms with van der Waals surface area (Å²) in [4.78, 5) is 7.85. The van der Waals surface area contributed by atoms with E-state index in [0.29, 0.717) is 11.5 Å². The predicted molar refractivity (Wildman–Crippen MR) is 51.5 cm³/mol. The molecule has 5 heteroatoms. The molecule has 68 valence electrons. The Hall–Kier alpha value is -2.35. The summed E-state index contributed by atoms with van der Waals surface area (Å²) in [5, 5.41) is 4.01. The molecule has 5 nitrogen and oxygen atoms in total. The molecule has 0 aliphatic heterocycles. The molecule has 0 bridgehead atoms. The van der Waals surface area contributed by atoms with Gasteiger partial charge < -0.3 is 5.73 Å². The van der Waals surface area contributed by atoms with Gasteiger partial charge in [0, 0.05) is 18.5 Å². The van der Waals surface area contributed by atoms with Crippen molar-refractivity contribution in [2.75, 3.05) is 5.73 Å². The zero-order valence-corrected chi connectivity index (χ0v) is 7.25. The summed E-state index contributed by atoms with van der Waals surface area (Å²) in [6.45, 7) is 0. The molecule has 0 fully saturated rings. The molecule has 2 N–H and O–H groups in total. The summed E-state index contributed by atoms with van der Waals surface area (Å²) in [7, 11) is 0. The number of nitrogens with zero attached hydrogens (tertiary/aromatic N) is 4. The molecule has 0 radical (unpaired) electrons. The topological polar surface area (TPSA) is 69.6 Å². The van der Waals surface area contributed by atoms with Gasteiger partial charge in [-0.3, -0.25) is 0 Å². The molecule has 0 unspecified atom stereocenters. The molecule has 14 heavy (non-hydrogen) atoms. The predicted octanol–water partition coefficient (Wildman–Crippen LogP) is 0.226. The minimum atomic E-state index is 0.144. The second kappa shape index (κ2) is 3.18. The van der Waals surface area contributed by atoms with Crippen LogP contribution >= 0.6 is 0 Å². The Kier molecular flexibility index (Phi) is 1.88. The summed E-state index contributed by atoms with van der Waals surface area (Å²) in [6, 6.07) is 3.43. The summed E-state index contributed by atoms with van der Waals surface area (Å²) < 4.78 is 1.57. The van der Waals surface area contributed by atoms with E-state index in [4.69, 9.17) is 12.2 Å². The fraction of sp³-hybridized carbons (Fsp3) is 0. The van der Waals surface area contributed by atoms with Crippen molar-refractivity contribution >= 4 is 5.95 Å². The number of terminal acetylenes is 1. The number of hydrogen-bond donors (Lipinski definition) is 1. The van der Waals surface area contributed by atoms with Gasteiger partial charge >= 0.3 is 0 Å². The number of hydrogen-bond acceptors (Lipinski definition) is 4. The van der Waals surface area contributed by atoms with Crippen LogP contribution in [0.1, 0.15) is 5.69 Å². The zero-order valence-electron chi connectivity index (χ0n) is 7.25. The SMILES string of the molecule is C#Cc1cc(-n2cccn2)nc(N)n1. The van der Waals surface area contributed by atoms with E-state index < -0.39 is 0 Å². The number of aromatic nitrogens is 4. The van der Waals surface area contributed by atoms with Gasteiger partial charge in [-0.2, -0.15) is 10.1 Å². The van der Waals surface area contributed by atoms with Crippen LogP contribution in [0.25, 0.3) is 5.82 Å². The fourth-order valence-electron chi connectivity index (χ4n) is 1.05. The van der Waals surface area contributed by atoms with Crippen molar-refractivity contribution in [2.45, 2.75) is 0 Å². The van der Waals surface area contributed by atoms with Crippen LogP contribution in [0.2, 0.25) is 0 Å². The van der Waals surface area contributed by atoms with E-state index >= 15 is 0 Å². The van der Waals surface area contributed by atoms with Crippen LogP contribution < -0.4 is 5.73 Å². The lowest BCUT2D eigenvalue weighted by molar-refractivity contribution is 0.841. The molecule has 2 heterocycles. The molecule has 2 aromatic heterocycles. The lowest BCUT2D eigenvalue weighted by Crippen LogP contribution is -2.04. The highest BCUT2D eigenvalue weighted by molar-refractivity contribution is 5.37. The second-order valence-electron chi connectivity index (χ2n) is 2.56. The van der Waals surface area contributed by atoms with Crippen molar-refractivity contribution in [2.24, 2.45) is 0 Å². The van der Waals surface area contributed by atoms with Crippen LogP contribution in [0, 0.1) is 12.3 Å². The molecule has 0 aliphatic carbocycles. The second-order valence-corrected chi connectivity index (χ2v) is 2.56. The normalized spacial score (nSPS) is 9.64. The minimum Gasteiger partial charge on any atom is -0.368 e. The third-order valence-electron chi connectivity index (χ3n) is 1.62. The third-order valence-corrected chi connectivity index (χ3v) is 1.62. The first-order chi connectivity index (χ1) is 6.79. The van der Waals surface area contributed by atoms with Gasteiger partial charge in [-0.15, -0.1) is 6.42 Å². The zero-order chi connectivity index (χ0) is 9.97. The molecule has 0 saturated carbocycles. The standard InChI is InChI=1S/C9H7N5/c1-2-7-6-8(13-9(10)12-7)14-5-3-4-11-14/h1,3-6H,(H2,10,12,13). The van der Waals surface area contributed by atoms with E-state index in [0.717, 1.165) is 0 Å². The highest BCUT2D eigenvalue weighted by atomic mass is 15.3. The van der Waals surface area contributed by atoms with Crippen molar-refractivity contribution < 1.29 is 0 Å². The molecular weight excluding hydrogens is 178 g/mol. The highest BCUT2D eigenvalue weighted by Gasteiger charge is 2.01. The highest BCUT2D eigenvalue weighted by Crippen LogP contribution is 2.05. The number of rotatable bonds is 1. The lowest BCUT2D eigenvalue weighted by Gasteiger charge is -2.01. The monoisotopic (exact) mass is 185 g/mol. The molecule has 0 spiro atoms. The Bertz CT molecular complexity index is 480. The van der Waals surface area contributed by atoms with Gasteiger partial charge in [-0.25, -0.2) is 9.67 Å². The molecule has 2 aromatic rings. The molecule has 0 aliphatic rings. The van der Waals surface area contributed by atoms with Crippen LogP contribution in [-0.4, -0.2) is 19.7 Å². The Morgan fingerprint density at radius 2 is 2.29 bits per heavy atom. The Morgan fingerprint density at radius 1 is 1.43 bits per heavy atom. The quantitative estimate of drug-likeness (QED) is 0.645. The van der Waals surface area contributed by atoms with Gasteiger partial charge in [-0.05, 0) is 12.0 Å². The van der Waals surface area contributed by atoms with E-state index in [1.807, 2.05) is 0 Å². The summed E-state index contributed by atoms with van der Waals surface area (Å²) >= 11 is 0. The van der Waals surface area contributed by atoms with Gasteiger partial charge in [0.05, 0.1) is 0 Å². The first-order valence-electron chi connectivity index (χ1n) is 3.91. The van der Waals surface area contributed by atoms with Crippen LogP contribution in [-0.2, 0) is 0 Å². The van der Waals surface area contributed by atoms with Gasteiger partial charge in [0.1, 0.15) is 5.69 Å². The van der Waals surface area contributed by atoms with Crippen molar-refractivity contribution in [1.29, 1.82) is 0 Å². The molecule has 0 amide bonds. The van der Waals surface area contributed by atoms with E-state index in [9.17, 15) is 0 Å². The number of anilines is 1. The minimum absolute atomic E-state index is 0.144. The molecular formula is C9H7N5. The molecule has 0 saturated heterocycles. The third kappa shape index (κ3) is 1.41. The van der Waals surface area contributed by atoms with E-state index in [2.05, 4.69) is 21.0 Å². The average molecular weight is 185 g/mol. The molecule has 2 rings (SSSR count). The maximum atomic E-state index is 5.48. The van der Waals surface area contributed by atoms with E-state index in [-0.39, 0.29) is 5.95 Å². The van der Waals surface area contributed by atoms with Crippen molar-refractivity contribution in [3.63, 3.8) is 0 Å². The first kappa shape index (κ1) is 8.26. The lowest BCUT2D eigenvalue weighted by atomic mass is 10.4. The van der Waals surface area contributed by atoms with Crippen molar-refractivity contribution in [3.8, 4) is 18.2 Å². The Labute approximate surface area is 80.6 Å². The van der Waals surface area contributed by atoms with Crippen LogP contribution in [0.5, 0.6) is 0 Å². The summed E-state index contributed by atoms with van der Waals surface area (Å²) in [5.41, 5.74) is 5.93. The van der Waals surface area contributed by atoms with Crippen molar-refractivity contribution in [3.05, 3.63) is 30.2 Å². The molecule has 0 atom stereocenters. The summed E-state index contributed by atoms with van der Waals surface area (Å²) in [5.74, 6) is 3.11. The van der Waals surface area contributed by atoms with Gasteiger partial charge in [0.25, 0.3) is 0 Å². The maximum Gasteiger partial charge on any atom is 0.223 e. The van der Waals surface area contributed by atoms with Crippen LogP contribution in [0.3, 0.4) is 0 Å². The van der Waals surface area contributed by atoms with Crippen LogP contribution in [0.15, 0.2) is 24.5 Å². The Balaban J connectivity index is 2.55. The van der Waals surface area contributed by atoms with Gasteiger partial charge in [0.2, 0.25) is 5.95 Å². The average Bonchev–Trinajstić information content (AvgIpc) is 2.69. The van der Waals surface area contributed by atoms with E-state index in [1.165, 1.54) is 0 Å². The maximum absolute atomic E-state index is 5.48. The number of nitrogens with two attached hydrogens (primary N) is 1. The summed E-state index contributed by atoms with van der Waals surface area (Å²) in [6.07, 6.45) is 8.61. The fourth-order valence-corrected chi connectivity index (χ4v) is 1.05. The van der Waals surface area contributed by atoms with Crippen LogP contribution in [0.4, 0.5) is 5.95 Å². The largest absolute Gasteiger partial charge is 0.368 e. The van der Waals surface area contributed by atoms with Crippen molar-refractivity contribution in [1.82, 2.24) is 19.7 Å². The first-order valence-corrected chi connectivity index (χ1v) is 3.91. The number of nitrogen functional groups attached to an aromatic ring is 1. The smallest absolute Gasteiger partial charge is 0.223 e. The van der Waals surface area contributed by atoms with Gasteiger partial charge in [0.15, 0.2) is 5.82 Å². The molecule has 0 aromatic carbocycles. The van der Waals surface area contributed by atoms with E-state index in [1.54, 1.807) is 29.2 Å².